The second kappa shape index (κ2) is 6.44. The summed E-state index contributed by atoms with van der Waals surface area (Å²) < 4.78 is 5.49. The molecule has 18 heavy (non-hydrogen) atoms. The number of hydrogen-bond acceptors (Lipinski definition) is 2. The molecule has 1 aliphatic rings. The number of benzene rings is 1. The SMILES string of the molecule is Cc1ccc(SCC2(CBr)CCOCC2)c(C)c1. The van der Waals surface area contributed by atoms with Crippen LogP contribution in [0.15, 0.2) is 23.1 Å². The molecular weight excluding hydrogens is 308 g/mol. The van der Waals surface area contributed by atoms with Crippen LogP contribution in [0.1, 0.15) is 24.0 Å². The van der Waals surface area contributed by atoms with E-state index >= 15 is 0 Å². The predicted molar refractivity (Wildman–Crippen MR) is 82.9 cm³/mol. The Morgan fingerprint density at radius 1 is 1.28 bits per heavy atom. The fourth-order valence-corrected chi connectivity index (χ4v) is 4.64. The maximum atomic E-state index is 5.49. The Hall–Kier alpha value is 0.01000. The van der Waals surface area contributed by atoms with Crippen molar-refractivity contribution >= 4 is 27.7 Å². The van der Waals surface area contributed by atoms with Gasteiger partial charge in [0.2, 0.25) is 0 Å². The Morgan fingerprint density at radius 2 is 2.00 bits per heavy atom. The summed E-state index contributed by atoms with van der Waals surface area (Å²) in [5.41, 5.74) is 3.16. The summed E-state index contributed by atoms with van der Waals surface area (Å²) in [6.45, 7) is 6.19. The summed E-state index contributed by atoms with van der Waals surface area (Å²) in [7, 11) is 0. The van der Waals surface area contributed by atoms with Gasteiger partial charge in [-0.25, -0.2) is 0 Å². The Kier molecular flexibility index (Phi) is 5.16. The molecule has 0 N–H and O–H groups in total. The average molecular weight is 329 g/mol. The van der Waals surface area contributed by atoms with Crippen molar-refractivity contribution in [2.45, 2.75) is 31.6 Å². The van der Waals surface area contributed by atoms with Crippen LogP contribution in [0.25, 0.3) is 0 Å². The normalized spacial score (nSPS) is 18.8. The lowest BCUT2D eigenvalue weighted by atomic mass is 9.85. The molecule has 0 amide bonds. The van der Waals surface area contributed by atoms with Crippen LogP contribution in [0.5, 0.6) is 0 Å². The van der Waals surface area contributed by atoms with Gasteiger partial charge in [0.15, 0.2) is 0 Å². The summed E-state index contributed by atoms with van der Waals surface area (Å²) >= 11 is 5.70. The number of alkyl halides is 1. The minimum absolute atomic E-state index is 0.417. The van der Waals surface area contributed by atoms with Gasteiger partial charge in [-0.3, -0.25) is 0 Å². The monoisotopic (exact) mass is 328 g/mol. The Bertz CT molecular complexity index is 399. The number of hydrogen-bond donors (Lipinski definition) is 0. The van der Waals surface area contributed by atoms with E-state index < -0.39 is 0 Å². The van der Waals surface area contributed by atoms with Gasteiger partial charge in [-0.15, -0.1) is 11.8 Å². The van der Waals surface area contributed by atoms with E-state index in [9.17, 15) is 0 Å². The van der Waals surface area contributed by atoms with E-state index in [1.54, 1.807) is 0 Å². The Morgan fingerprint density at radius 3 is 2.61 bits per heavy atom. The van der Waals surface area contributed by atoms with E-state index in [1.165, 1.54) is 34.6 Å². The van der Waals surface area contributed by atoms with Crippen LogP contribution in [0.4, 0.5) is 0 Å². The highest BCUT2D eigenvalue weighted by atomic mass is 79.9. The van der Waals surface area contributed by atoms with Crippen LogP contribution in [-0.4, -0.2) is 24.3 Å². The Labute approximate surface area is 123 Å². The Balaban J connectivity index is 2.01. The molecule has 0 atom stereocenters. The number of halogens is 1. The van der Waals surface area contributed by atoms with E-state index in [4.69, 9.17) is 4.74 Å². The number of thioether (sulfide) groups is 1. The highest BCUT2D eigenvalue weighted by Crippen LogP contribution is 2.38. The summed E-state index contributed by atoms with van der Waals surface area (Å²) in [6.07, 6.45) is 2.35. The predicted octanol–water partition coefficient (Wildman–Crippen LogP) is 4.59. The lowest BCUT2D eigenvalue weighted by molar-refractivity contribution is 0.0374. The standard InChI is InChI=1S/C15H21BrOS/c1-12-3-4-14(13(2)9-12)18-11-15(10-16)5-7-17-8-6-15/h3-4,9H,5-8,10-11H2,1-2H3. The minimum Gasteiger partial charge on any atom is -0.381 e. The zero-order chi connectivity index (χ0) is 13.0. The van der Waals surface area contributed by atoms with Gasteiger partial charge in [-0.2, -0.15) is 0 Å². The van der Waals surface area contributed by atoms with Gasteiger partial charge in [0, 0.05) is 29.2 Å². The first-order valence-corrected chi connectivity index (χ1v) is 8.60. The van der Waals surface area contributed by atoms with Crippen molar-refractivity contribution in [2.24, 2.45) is 5.41 Å². The van der Waals surface area contributed by atoms with Crippen LogP contribution in [0.3, 0.4) is 0 Å². The van der Waals surface area contributed by atoms with Gasteiger partial charge in [0.05, 0.1) is 0 Å². The zero-order valence-corrected chi connectivity index (χ0v) is 13.6. The van der Waals surface area contributed by atoms with Crippen LogP contribution < -0.4 is 0 Å². The van der Waals surface area contributed by atoms with Crippen LogP contribution >= 0.6 is 27.7 Å². The maximum Gasteiger partial charge on any atom is 0.0471 e. The molecule has 0 bridgehead atoms. The molecule has 0 unspecified atom stereocenters. The summed E-state index contributed by atoms with van der Waals surface area (Å²) in [6, 6.07) is 6.74. The highest BCUT2D eigenvalue weighted by molar-refractivity contribution is 9.09. The lowest BCUT2D eigenvalue weighted by Gasteiger charge is -2.35. The third-order valence-electron chi connectivity index (χ3n) is 3.70. The first-order chi connectivity index (χ1) is 8.65. The van der Waals surface area contributed by atoms with Crippen molar-refractivity contribution in [1.29, 1.82) is 0 Å². The first kappa shape index (κ1) is 14.4. The van der Waals surface area contributed by atoms with Crippen LogP contribution in [0.2, 0.25) is 0 Å². The first-order valence-electron chi connectivity index (χ1n) is 6.49. The molecule has 3 heteroatoms. The van der Waals surface area contributed by atoms with Crippen LogP contribution in [0, 0.1) is 19.3 Å². The van der Waals surface area contributed by atoms with Crippen molar-refractivity contribution in [3.05, 3.63) is 29.3 Å². The van der Waals surface area contributed by atoms with Crippen molar-refractivity contribution in [3.63, 3.8) is 0 Å². The quantitative estimate of drug-likeness (QED) is 0.590. The van der Waals surface area contributed by atoms with Crippen LogP contribution in [-0.2, 0) is 4.74 Å². The van der Waals surface area contributed by atoms with Gasteiger partial charge in [0.1, 0.15) is 0 Å². The van der Waals surface area contributed by atoms with Crippen molar-refractivity contribution in [3.8, 4) is 0 Å². The van der Waals surface area contributed by atoms with E-state index in [-0.39, 0.29) is 0 Å². The molecule has 1 aromatic carbocycles. The number of ether oxygens (including phenoxy) is 1. The topological polar surface area (TPSA) is 9.23 Å². The third kappa shape index (κ3) is 3.52. The van der Waals surface area contributed by atoms with Gasteiger partial charge >= 0.3 is 0 Å². The summed E-state index contributed by atoms with van der Waals surface area (Å²) in [4.78, 5) is 1.42. The molecule has 1 saturated heterocycles. The van der Waals surface area contributed by atoms with E-state index in [1.807, 2.05) is 11.8 Å². The minimum atomic E-state index is 0.417. The van der Waals surface area contributed by atoms with E-state index in [0.29, 0.717) is 5.41 Å². The molecule has 100 valence electrons. The molecular formula is C15H21BrOS. The van der Waals surface area contributed by atoms with Gasteiger partial charge in [0.25, 0.3) is 0 Å². The molecule has 0 radical (unpaired) electrons. The average Bonchev–Trinajstić information content (AvgIpc) is 2.39. The largest absolute Gasteiger partial charge is 0.381 e. The second-order valence-corrected chi connectivity index (χ2v) is 6.88. The molecule has 1 aliphatic heterocycles. The summed E-state index contributed by atoms with van der Waals surface area (Å²) in [5, 5.41) is 1.08. The molecule has 0 spiro atoms. The molecule has 2 rings (SSSR count). The maximum absolute atomic E-state index is 5.49. The lowest BCUT2D eigenvalue weighted by Crippen LogP contribution is -2.33. The van der Waals surface area contributed by atoms with E-state index in [2.05, 4.69) is 48.0 Å². The molecule has 0 aromatic heterocycles. The van der Waals surface area contributed by atoms with Gasteiger partial charge in [-0.05, 0) is 43.7 Å². The van der Waals surface area contributed by atoms with Crippen molar-refractivity contribution in [1.82, 2.24) is 0 Å². The molecule has 0 saturated carbocycles. The molecule has 0 aliphatic carbocycles. The fraction of sp³-hybridized carbons (Fsp3) is 0.600. The fourth-order valence-electron chi connectivity index (χ4n) is 2.31. The second-order valence-electron chi connectivity index (χ2n) is 5.30. The van der Waals surface area contributed by atoms with Gasteiger partial charge < -0.3 is 4.74 Å². The molecule has 1 fully saturated rings. The molecule has 1 aromatic rings. The third-order valence-corrected chi connectivity index (χ3v) is 6.42. The van der Waals surface area contributed by atoms with Gasteiger partial charge in [-0.1, -0.05) is 33.6 Å². The van der Waals surface area contributed by atoms with Crippen molar-refractivity contribution < 1.29 is 4.74 Å². The highest BCUT2D eigenvalue weighted by Gasteiger charge is 2.31. The van der Waals surface area contributed by atoms with Crippen molar-refractivity contribution in [2.75, 3.05) is 24.3 Å². The van der Waals surface area contributed by atoms with E-state index in [0.717, 1.165) is 18.5 Å². The summed E-state index contributed by atoms with van der Waals surface area (Å²) in [5.74, 6) is 1.19. The zero-order valence-electron chi connectivity index (χ0n) is 11.2. The number of aryl methyl sites for hydroxylation is 2. The number of rotatable bonds is 4. The molecule has 1 nitrogen and oxygen atoms in total. The molecule has 1 heterocycles. The smallest absolute Gasteiger partial charge is 0.0471 e.